The molecule has 0 aliphatic heterocycles. The third kappa shape index (κ3) is 7.54. The quantitative estimate of drug-likeness (QED) is 0.490. The predicted octanol–water partition coefficient (Wildman–Crippen LogP) is 4.39. The number of nitrogens with one attached hydrogen (secondary N) is 1. The van der Waals surface area contributed by atoms with E-state index in [2.05, 4.69) is 21.2 Å². The Kier molecular flexibility index (Phi) is 9.35. The van der Waals surface area contributed by atoms with Gasteiger partial charge in [0.2, 0.25) is 21.8 Å². The maximum Gasteiger partial charge on any atom is 0.244 e. The van der Waals surface area contributed by atoms with Crippen LogP contribution in [0.5, 0.6) is 0 Å². The summed E-state index contributed by atoms with van der Waals surface area (Å²) in [7, 11) is -3.75. The Labute approximate surface area is 217 Å². The molecular weight excluding hydrogens is 530 g/mol. The number of benzene rings is 2. The Bertz CT molecular complexity index is 1130. The first kappa shape index (κ1) is 27.2. The molecule has 7 nitrogen and oxygen atoms in total. The molecule has 190 valence electrons. The average Bonchev–Trinajstić information content (AvgIpc) is 2.83. The van der Waals surface area contributed by atoms with Crippen LogP contribution >= 0.6 is 15.9 Å². The molecule has 2 aromatic carbocycles. The lowest BCUT2D eigenvalue weighted by molar-refractivity contribution is -0.139. The Morgan fingerprint density at radius 2 is 1.74 bits per heavy atom. The van der Waals surface area contributed by atoms with Crippen molar-refractivity contribution in [1.29, 1.82) is 0 Å². The topological polar surface area (TPSA) is 86.8 Å². The molecule has 0 radical (unpaired) electrons. The van der Waals surface area contributed by atoms with E-state index in [9.17, 15) is 18.0 Å². The summed E-state index contributed by atoms with van der Waals surface area (Å²) in [6.07, 6.45) is 6.31. The fourth-order valence-corrected chi connectivity index (χ4v) is 5.42. The van der Waals surface area contributed by atoms with Gasteiger partial charge in [-0.25, -0.2) is 8.42 Å². The number of carbonyl (C=O) groups is 2. The van der Waals surface area contributed by atoms with Gasteiger partial charge in [-0.05, 0) is 56.0 Å². The number of halogens is 1. The van der Waals surface area contributed by atoms with Gasteiger partial charge < -0.3 is 10.2 Å². The van der Waals surface area contributed by atoms with E-state index >= 15 is 0 Å². The molecule has 0 spiro atoms. The van der Waals surface area contributed by atoms with Crippen LogP contribution in [0.15, 0.2) is 53.0 Å². The van der Waals surface area contributed by atoms with Crippen LogP contribution in [-0.2, 0) is 26.2 Å². The van der Waals surface area contributed by atoms with Gasteiger partial charge in [0.1, 0.15) is 12.6 Å². The van der Waals surface area contributed by atoms with Crippen LogP contribution in [0.4, 0.5) is 5.69 Å². The average molecular weight is 565 g/mol. The molecule has 0 aromatic heterocycles. The molecule has 1 aliphatic carbocycles. The van der Waals surface area contributed by atoms with E-state index < -0.39 is 28.5 Å². The smallest absolute Gasteiger partial charge is 0.244 e. The van der Waals surface area contributed by atoms with Crippen LogP contribution in [0.3, 0.4) is 0 Å². The molecule has 0 bridgehead atoms. The fourth-order valence-electron chi connectivity index (χ4n) is 4.33. The summed E-state index contributed by atoms with van der Waals surface area (Å²) in [4.78, 5) is 28.2. The summed E-state index contributed by atoms with van der Waals surface area (Å²) in [6.45, 7) is 3.37. The van der Waals surface area contributed by atoms with Crippen molar-refractivity contribution in [2.24, 2.45) is 0 Å². The van der Waals surface area contributed by atoms with Crippen molar-refractivity contribution in [3.05, 3.63) is 64.1 Å². The molecule has 35 heavy (non-hydrogen) atoms. The first-order valence-electron chi connectivity index (χ1n) is 11.9. The molecule has 2 aromatic rings. The number of aryl methyl sites for hydroxylation is 1. The second-order valence-electron chi connectivity index (χ2n) is 9.23. The number of amides is 2. The maximum atomic E-state index is 13.6. The van der Waals surface area contributed by atoms with Crippen molar-refractivity contribution in [2.45, 2.75) is 64.6 Å². The monoisotopic (exact) mass is 563 g/mol. The second-order valence-corrected chi connectivity index (χ2v) is 12.0. The molecule has 3 rings (SSSR count). The minimum absolute atomic E-state index is 0.116. The van der Waals surface area contributed by atoms with E-state index in [0.29, 0.717) is 5.69 Å². The number of anilines is 1. The summed E-state index contributed by atoms with van der Waals surface area (Å²) in [6, 6.07) is 13.9. The van der Waals surface area contributed by atoms with Crippen LogP contribution in [-0.4, -0.2) is 50.0 Å². The lowest BCUT2D eigenvalue weighted by atomic mass is 9.95. The van der Waals surface area contributed by atoms with Crippen LogP contribution in [0.1, 0.15) is 50.2 Å². The van der Waals surface area contributed by atoms with Crippen LogP contribution in [0, 0.1) is 6.92 Å². The highest BCUT2D eigenvalue weighted by atomic mass is 79.9. The van der Waals surface area contributed by atoms with Crippen molar-refractivity contribution in [1.82, 2.24) is 10.2 Å². The highest BCUT2D eigenvalue weighted by molar-refractivity contribution is 9.10. The number of sulfonamides is 1. The number of hydrogen-bond acceptors (Lipinski definition) is 4. The van der Waals surface area contributed by atoms with Gasteiger partial charge in [-0.15, -0.1) is 0 Å². The fraction of sp³-hybridized carbons (Fsp3) is 0.462. The maximum absolute atomic E-state index is 13.6. The van der Waals surface area contributed by atoms with Crippen molar-refractivity contribution in [3.63, 3.8) is 0 Å². The summed E-state index contributed by atoms with van der Waals surface area (Å²) in [5.41, 5.74) is 2.12. The van der Waals surface area contributed by atoms with E-state index in [1.54, 1.807) is 25.1 Å². The number of nitrogens with zero attached hydrogens (tertiary/aromatic N) is 2. The Balaban J connectivity index is 1.86. The van der Waals surface area contributed by atoms with Crippen LogP contribution < -0.4 is 9.62 Å². The third-order valence-electron chi connectivity index (χ3n) is 6.42. The van der Waals surface area contributed by atoms with E-state index in [-0.39, 0.29) is 18.5 Å². The summed E-state index contributed by atoms with van der Waals surface area (Å²) in [5, 5.41) is 3.10. The molecule has 0 heterocycles. The van der Waals surface area contributed by atoms with E-state index in [4.69, 9.17) is 0 Å². The van der Waals surface area contributed by atoms with Crippen molar-refractivity contribution in [2.75, 3.05) is 17.1 Å². The van der Waals surface area contributed by atoms with Crippen molar-refractivity contribution < 1.29 is 18.0 Å². The van der Waals surface area contributed by atoms with Crippen molar-refractivity contribution in [3.8, 4) is 0 Å². The number of hydrogen-bond donors (Lipinski definition) is 1. The molecule has 0 unspecified atom stereocenters. The van der Waals surface area contributed by atoms with Gasteiger partial charge in [0.15, 0.2) is 0 Å². The molecule has 1 saturated carbocycles. The van der Waals surface area contributed by atoms with E-state index in [1.165, 1.54) is 11.3 Å². The molecule has 9 heteroatoms. The molecular formula is C26H34BrN3O4S. The zero-order valence-electron chi connectivity index (χ0n) is 20.5. The van der Waals surface area contributed by atoms with Crippen LogP contribution in [0.2, 0.25) is 0 Å². The largest absolute Gasteiger partial charge is 0.352 e. The minimum Gasteiger partial charge on any atom is -0.352 e. The summed E-state index contributed by atoms with van der Waals surface area (Å²) >= 11 is 3.43. The molecule has 1 atom stereocenters. The van der Waals surface area contributed by atoms with Gasteiger partial charge in [-0.3, -0.25) is 13.9 Å². The Morgan fingerprint density at radius 3 is 2.34 bits per heavy atom. The SMILES string of the molecule is Cc1cc(N(CC(=O)N(Cc2ccccc2)[C@@H](C)C(=O)NC2CCCCC2)S(C)(=O)=O)ccc1Br. The highest BCUT2D eigenvalue weighted by Crippen LogP contribution is 2.25. The van der Waals surface area contributed by atoms with Crippen LogP contribution in [0.25, 0.3) is 0 Å². The first-order valence-corrected chi connectivity index (χ1v) is 14.6. The predicted molar refractivity (Wildman–Crippen MR) is 143 cm³/mol. The standard InChI is InChI=1S/C26H34BrN3O4S/c1-19-16-23(14-15-24(19)27)30(35(3,33)34)18-25(31)29(17-21-10-6-4-7-11-21)20(2)26(32)28-22-12-8-5-9-13-22/h4,6-7,10-11,14-16,20,22H,5,8-9,12-13,17-18H2,1-3H3,(H,28,32)/t20-/m0/s1. The van der Waals surface area contributed by atoms with Gasteiger partial charge in [0, 0.05) is 17.1 Å². The zero-order valence-corrected chi connectivity index (χ0v) is 22.9. The van der Waals surface area contributed by atoms with Crippen molar-refractivity contribution >= 4 is 43.5 Å². The number of rotatable bonds is 9. The van der Waals surface area contributed by atoms with E-state index in [1.807, 2.05) is 37.3 Å². The Morgan fingerprint density at radius 1 is 1.09 bits per heavy atom. The third-order valence-corrected chi connectivity index (χ3v) is 8.45. The molecule has 1 N–H and O–H groups in total. The summed E-state index contributed by atoms with van der Waals surface area (Å²) in [5.74, 6) is -0.655. The van der Waals surface area contributed by atoms with Gasteiger partial charge in [-0.1, -0.05) is 65.5 Å². The normalized spacial score (nSPS) is 15.3. The molecule has 1 aliphatic rings. The first-order chi connectivity index (χ1) is 16.6. The second kappa shape index (κ2) is 12.0. The number of carbonyl (C=O) groups excluding carboxylic acids is 2. The van der Waals surface area contributed by atoms with Gasteiger partial charge in [-0.2, -0.15) is 0 Å². The lowest BCUT2D eigenvalue weighted by Gasteiger charge is -2.33. The van der Waals surface area contributed by atoms with E-state index in [0.717, 1.165) is 51.8 Å². The van der Waals surface area contributed by atoms with Gasteiger partial charge >= 0.3 is 0 Å². The molecule has 0 saturated heterocycles. The summed E-state index contributed by atoms with van der Waals surface area (Å²) < 4.78 is 27.3. The highest BCUT2D eigenvalue weighted by Gasteiger charge is 2.31. The van der Waals surface area contributed by atoms with Gasteiger partial charge in [0.05, 0.1) is 11.9 Å². The molecule has 1 fully saturated rings. The lowest BCUT2D eigenvalue weighted by Crippen LogP contribution is -2.52. The minimum atomic E-state index is -3.75. The Hall–Kier alpha value is -2.39. The zero-order chi connectivity index (χ0) is 25.6. The molecule has 2 amide bonds. The van der Waals surface area contributed by atoms with Gasteiger partial charge in [0.25, 0.3) is 0 Å².